The molecule has 0 saturated carbocycles. The van der Waals surface area contributed by atoms with E-state index in [1.165, 1.54) is 0 Å². The summed E-state index contributed by atoms with van der Waals surface area (Å²) in [5.41, 5.74) is 0. The Bertz CT molecular complexity index is 256. The van der Waals surface area contributed by atoms with Gasteiger partial charge >= 0.3 is 0 Å². The maximum absolute atomic E-state index is 11.5. The van der Waals surface area contributed by atoms with E-state index in [9.17, 15) is 9.59 Å². The van der Waals surface area contributed by atoms with Gasteiger partial charge in [0.15, 0.2) is 0 Å². The summed E-state index contributed by atoms with van der Waals surface area (Å²) in [6.07, 6.45) is 1.80. The molecule has 16 heavy (non-hydrogen) atoms. The third kappa shape index (κ3) is 4.18. The minimum absolute atomic E-state index is 0.0636. The molecule has 1 aliphatic heterocycles. The van der Waals surface area contributed by atoms with Crippen LogP contribution >= 0.6 is 0 Å². The lowest BCUT2D eigenvalue weighted by Crippen LogP contribution is -2.48. The summed E-state index contributed by atoms with van der Waals surface area (Å²) in [6.45, 7) is 4.24. The maximum atomic E-state index is 11.5. The molecule has 1 rings (SSSR count). The lowest BCUT2D eigenvalue weighted by Gasteiger charge is -2.30. The highest BCUT2D eigenvalue weighted by molar-refractivity contribution is 5.79. The van der Waals surface area contributed by atoms with E-state index in [2.05, 4.69) is 10.6 Å². The van der Waals surface area contributed by atoms with Crippen LogP contribution in [0.4, 0.5) is 0 Å². The molecule has 1 aliphatic rings. The van der Waals surface area contributed by atoms with Gasteiger partial charge in [-0.05, 0) is 13.0 Å². The van der Waals surface area contributed by atoms with E-state index in [0.29, 0.717) is 25.9 Å². The van der Waals surface area contributed by atoms with Crippen LogP contribution in [-0.4, -0.2) is 49.4 Å². The SMILES string of the molecule is CCNCCC(=O)NC1CCC(=O)N(C)C1. The second-order valence-corrected chi connectivity index (χ2v) is 4.18. The molecule has 1 unspecified atom stereocenters. The first-order chi connectivity index (χ1) is 7.63. The first-order valence-corrected chi connectivity index (χ1v) is 5.87. The Balaban J connectivity index is 2.21. The van der Waals surface area contributed by atoms with Gasteiger partial charge in [0.05, 0.1) is 0 Å². The van der Waals surface area contributed by atoms with Crippen molar-refractivity contribution in [1.82, 2.24) is 15.5 Å². The number of piperidine rings is 1. The van der Waals surface area contributed by atoms with Crippen LogP contribution < -0.4 is 10.6 Å². The van der Waals surface area contributed by atoms with E-state index in [0.717, 1.165) is 13.0 Å². The Morgan fingerprint density at radius 2 is 2.31 bits per heavy atom. The van der Waals surface area contributed by atoms with Gasteiger partial charge < -0.3 is 15.5 Å². The van der Waals surface area contributed by atoms with Crippen LogP contribution in [0.1, 0.15) is 26.2 Å². The molecule has 1 heterocycles. The van der Waals surface area contributed by atoms with Crippen LogP contribution in [0.3, 0.4) is 0 Å². The molecule has 1 fully saturated rings. The molecule has 2 amide bonds. The number of hydrogen-bond acceptors (Lipinski definition) is 3. The number of rotatable bonds is 5. The van der Waals surface area contributed by atoms with Gasteiger partial charge in [-0.3, -0.25) is 9.59 Å². The second-order valence-electron chi connectivity index (χ2n) is 4.18. The quantitative estimate of drug-likeness (QED) is 0.635. The monoisotopic (exact) mass is 227 g/mol. The summed E-state index contributed by atoms with van der Waals surface area (Å²) in [5, 5.41) is 6.06. The normalized spacial score (nSPS) is 21.0. The molecule has 0 aliphatic carbocycles. The molecule has 0 bridgehead atoms. The molecule has 5 heteroatoms. The molecule has 0 aromatic rings. The van der Waals surface area contributed by atoms with Crippen molar-refractivity contribution in [3.63, 3.8) is 0 Å². The van der Waals surface area contributed by atoms with Crippen molar-refractivity contribution < 1.29 is 9.59 Å². The average Bonchev–Trinajstić information content (AvgIpc) is 2.24. The number of likely N-dealkylation sites (tertiary alicyclic amines) is 1. The summed E-state index contributed by atoms with van der Waals surface area (Å²) < 4.78 is 0. The van der Waals surface area contributed by atoms with Crippen molar-refractivity contribution in [2.45, 2.75) is 32.2 Å². The Morgan fingerprint density at radius 1 is 1.56 bits per heavy atom. The minimum atomic E-state index is 0.0636. The number of nitrogens with zero attached hydrogens (tertiary/aromatic N) is 1. The van der Waals surface area contributed by atoms with Gasteiger partial charge in [0, 0.05) is 39.0 Å². The van der Waals surface area contributed by atoms with Crippen molar-refractivity contribution >= 4 is 11.8 Å². The lowest BCUT2D eigenvalue weighted by atomic mass is 10.1. The predicted molar refractivity (Wildman–Crippen MR) is 62.0 cm³/mol. The highest BCUT2D eigenvalue weighted by Crippen LogP contribution is 2.09. The molecule has 92 valence electrons. The Hall–Kier alpha value is -1.10. The third-order valence-electron chi connectivity index (χ3n) is 2.77. The van der Waals surface area contributed by atoms with Gasteiger partial charge in [-0.25, -0.2) is 0 Å². The van der Waals surface area contributed by atoms with Crippen LogP contribution in [0, 0.1) is 0 Å². The first kappa shape index (κ1) is 13.0. The zero-order valence-corrected chi connectivity index (χ0v) is 10.1. The molecule has 1 atom stereocenters. The van der Waals surface area contributed by atoms with E-state index in [-0.39, 0.29) is 17.9 Å². The zero-order chi connectivity index (χ0) is 12.0. The molecule has 0 aromatic heterocycles. The molecular weight excluding hydrogens is 206 g/mol. The van der Waals surface area contributed by atoms with Crippen LogP contribution in [0.2, 0.25) is 0 Å². The standard InChI is InChI=1S/C11H21N3O2/c1-3-12-7-6-10(15)13-9-4-5-11(16)14(2)8-9/h9,12H,3-8H2,1-2H3,(H,13,15). The smallest absolute Gasteiger partial charge is 0.222 e. The van der Waals surface area contributed by atoms with Crippen molar-refractivity contribution in [2.75, 3.05) is 26.7 Å². The van der Waals surface area contributed by atoms with Gasteiger partial charge in [0.25, 0.3) is 0 Å². The fourth-order valence-corrected chi connectivity index (χ4v) is 1.81. The lowest BCUT2D eigenvalue weighted by molar-refractivity contribution is -0.134. The molecule has 0 aromatic carbocycles. The maximum Gasteiger partial charge on any atom is 0.222 e. The number of carbonyl (C=O) groups is 2. The van der Waals surface area contributed by atoms with Crippen LogP contribution in [0.15, 0.2) is 0 Å². The largest absolute Gasteiger partial charge is 0.352 e. The number of carbonyl (C=O) groups excluding carboxylic acids is 2. The van der Waals surface area contributed by atoms with Crippen molar-refractivity contribution in [3.8, 4) is 0 Å². The fourth-order valence-electron chi connectivity index (χ4n) is 1.81. The van der Waals surface area contributed by atoms with Crippen LogP contribution in [0.5, 0.6) is 0 Å². The van der Waals surface area contributed by atoms with E-state index < -0.39 is 0 Å². The molecule has 1 saturated heterocycles. The topological polar surface area (TPSA) is 61.4 Å². The number of nitrogens with one attached hydrogen (secondary N) is 2. The molecule has 2 N–H and O–H groups in total. The van der Waals surface area contributed by atoms with Gasteiger partial charge in [-0.15, -0.1) is 0 Å². The highest BCUT2D eigenvalue weighted by atomic mass is 16.2. The molecular formula is C11H21N3O2. The van der Waals surface area contributed by atoms with Gasteiger partial charge in [-0.1, -0.05) is 6.92 Å². The highest BCUT2D eigenvalue weighted by Gasteiger charge is 2.23. The molecule has 0 radical (unpaired) electrons. The zero-order valence-electron chi connectivity index (χ0n) is 10.1. The van der Waals surface area contributed by atoms with Crippen molar-refractivity contribution in [3.05, 3.63) is 0 Å². The third-order valence-corrected chi connectivity index (χ3v) is 2.77. The minimum Gasteiger partial charge on any atom is -0.352 e. The number of hydrogen-bond donors (Lipinski definition) is 2. The van der Waals surface area contributed by atoms with E-state index in [4.69, 9.17) is 0 Å². The molecule has 5 nitrogen and oxygen atoms in total. The Kier molecular flexibility index (Phi) is 5.25. The van der Waals surface area contributed by atoms with Crippen LogP contribution in [-0.2, 0) is 9.59 Å². The number of likely N-dealkylation sites (N-methyl/N-ethyl adjacent to an activating group) is 1. The van der Waals surface area contributed by atoms with E-state index in [1.54, 1.807) is 11.9 Å². The predicted octanol–water partition coefficient (Wildman–Crippen LogP) is -0.277. The molecule has 0 spiro atoms. The summed E-state index contributed by atoms with van der Waals surface area (Å²) >= 11 is 0. The Morgan fingerprint density at radius 3 is 2.94 bits per heavy atom. The summed E-state index contributed by atoms with van der Waals surface area (Å²) in [7, 11) is 1.78. The van der Waals surface area contributed by atoms with Crippen molar-refractivity contribution in [1.29, 1.82) is 0 Å². The average molecular weight is 227 g/mol. The number of amides is 2. The van der Waals surface area contributed by atoms with Gasteiger partial charge in [0.1, 0.15) is 0 Å². The van der Waals surface area contributed by atoms with Crippen molar-refractivity contribution in [2.24, 2.45) is 0 Å². The summed E-state index contributed by atoms with van der Waals surface area (Å²) in [6, 6.07) is 0.122. The van der Waals surface area contributed by atoms with Gasteiger partial charge in [0.2, 0.25) is 11.8 Å². The fraction of sp³-hybridized carbons (Fsp3) is 0.818. The second kappa shape index (κ2) is 6.48. The Labute approximate surface area is 96.6 Å². The van der Waals surface area contributed by atoms with E-state index >= 15 is 0 Å². The summed E-state index contributed by atoms with van der Waals surface area (Å²) in [4.78, 5) is 24.4. The summed E-state index contributed by atoms with van der Waals surface area (Å²) in [5.74, 6) is 0.229. The van der Waals surface area contributed by atoms with E-state index in [1.807, 2.05) is 6.92 Å². The van der Waals surface area contributed by atoms with Gasteiger partial charge in [-0.2, -0.15) is 0 Å². The van der Waals surface area contributed by atoms with Crippen LogP contribution in [0.25, 0.3) is 0 Å². The first-order valence-electron chi connectivity index (χ1n) is 5.87.